The number of carbonyl (C=O) groups is 5. The van der Waals surface area contributed by atoms with Crippen molar-refractivity contribution in [3.05, 3.63) is 90.3 Å². The lowest BCUT2D eigenvalue weighted by atomic mass is 9.88. The number of aliphatic hydroxyl groups is 1. The lowest BCUT2D eigenvalue weighted by Gasteiger charge is -2.41. The monoisotopic (exact) mass is 728 g/mol. The average Bonchev–Trinajstić information content (AvgIpc) is 3.18. The van der Waals surface area contributed by atoms with E-state index in [1.165, 1.54) is 6.92 Å². The number of aryl methyl sites for hydroxylation is 1. The van der Waals surface area contributed by atoms with E-state index >= 15 is 0 Å². The Labute approximate surface area is 309 Å². The Morgan fingerprint density at radius 2 is 1.55 bits per heavy atom. The first-order chi connectivity index (χ1) is 25.7. The number of amides is 5. The molecule has 3 aliphatic rings. The molecule has 1 aromatic heterocycles. The maximum absolute atomic E-state index is 14.4. The Hall–Kier alpha value is -5.50. The van der Waals surface area contributed by atoms with Crippen LogP contribution in [0, 0.1) is 0 Å². The van der Waals surface area contributed by atoms with Crippen molar-refractivity contribution in [1.82, 2.24) is 31.2 Å². The third-order valence-electron chi connectivity index (χ3n) is 9.45. The first-order valence-electron chi connectivity index (χ1n) is 18.1. The molecule has 0 saturated carbocycles. The highest BCUT2D eigenvalue weighted by atomic mass is 16.5. The summed E-state index contributed by atoms with van der Waals surface area (Å²) in [5.74, 6) is -1.61. The van der Waals surface area contributed by atoms with Gasteiger partial charge in [-0.15, -0.1) is 0 Å². The summed E-state index contributed by atoms with van der Waals surface area (Å²) in [5.41, 5.74) is 0.424. The van der Waals surface area contributed by atoms with Gasteiger partial charge in [0.1, 0.15) is 36.2 Å². The molecule has 53 heavy (non-hydrogen) atoms. The summed E-state index contributed by atoms with van der Waals surface area (Å²) in [6, 6.07) is 16.2. The summed E-state index contributed by atoms with van der Waals surface area (Å²) in [4.78, 5) is 73.0. The number of nitrogens with one attached hydrogen (secondary N) is 4. The minimum absolute atomic E-state index is 0.0000158. The smallest absolute Gasteiger partial charge is 0.265 e. The molecular formula is C39H48N6O8. The van der Waals surface area contributed by atoms with Gasteiger partial charge in [-0.05, 0) is 67.6 Å². The molecule has 14 nitrogen and oxygen atoms in total. The van der Waals surface area contributed by atoms with Crippen molar-refractivity contribution in [3.63, 3.8) is 0 Å². The van der Waals surface area contributed by atoms with Crippen LogP contribution in [0.25, 0.3) is 0 Å². The number of rotatable bonds is 8. The van der Waals surface area contributed by atoms with Crippen LogP contribution in [-0.4, -0.2) is 101 Å². The highest BCUT2D eigenvalue weighted by Crippen LogP contribution is 2.31. The minimum atomic E-state index is -1.44. The molecule has 0 aliphatic carbocycles. The quantitative estimate of drug-likeness (QED) is 0.169. The van der Waals surface area contributed by atoms with Crippen LogP contribution in [0.2, 0.25) is 0 Å². The Morgan fingerprint density at radius 1 is 0.849 bits per heavy atom. The van der Waals surface area contributed by atoms with Crippen LogP contribution in [-0.2, 0) is 36.8 Å². The zero-order chi connectivity index (χ0) is 37.6. The molecule has 14 heteroatoms. The number of ether oxygens (including phenoxy) is 2. The Balaban J connectivity index is 1.36. The molecule has 1 fully saturated rings. The second-order valence-corrected chi connectivity index (χ2v) is 13.3. The molecule has 5 N–H and O–H groups in total. The first-order valence-corrected chi connectivity index (χ1v) is 18.1. The van der Waals surface area contributed by atoms with Crippen LogP contribution < -0.4 is 30.7 Å². The van der Waals surface area contributed by atoms with Crippen LogP contribution in [0.5, 0.6) is 11.5 Å². The van der Waals surface area contributed by atoms with Gasteiger partial charge in [0.05, 0.1) is 13.2 Å². The molecule has 0 radical (unpaired) electrons. The van der Waals surface area contributed by atoms with E-state index in [0.717, 1.165) is 30.4 Å². The number of aromatic nitrogens is 1. The average molecular weight is 729 g/mol. The number of benzene rings is 2. The standard InChI is InChI=1S/C39H48N6O8/c1-27-35(48)41-20-23-52-30-13-15-31(16-14-30)53-39(17-21-45(22-18-39)34(47)12-6-5-10-29-11-7-19-40-25-29)38(51)44-32(24-28-8-3-2-4-9-28)36(49)43-33(26-46)37(50)42-27/h2-4,7-9,11,13-16,19,25,27,32-33,46H,5-6,10,12,17-18,20-24,26H2,1H3,(H,41,48)(H,42,50)(H,43,49)(H,44,51)/t27-,32+,33-/m0/s1. The van der Waals surface area contributed by atoms with Gasteiger partial charge in [-0.25, -0.2) is 0 Å². The molecule has 4 heterocycles. The van der Waals surface area contributed by atoms with Crippen molar-refractivity contribution in [2.24, 2.45) is 0 Å². The third kappa shape index (κ3) is 11.0. The third-order valence-corrected chi connectivity index (χ3v) is 9.45. The fourth-order valence-corrected chi connectivity index (χ4v) is 6.32. The zero-order valence-corrected chi connectivity index (χ0v) is 29.9. The van der Waals surface area contributed by atoms with E-state index in [1.54, 1.807) is 47.5 Å². The normalized spacial score (nSPS) is 21.3. The number of nitrogens with zero attached hydrogens (tertiary/aromatic N) is 2. The predicted molar refractivity (Wildman–Crippen MR) is 195 cm³/mol. The van der Waals surface area contributed by atoms with Crippen LogP contribution >= 0.6 is 0 Å². The number of carbonyl (C=O) groups excluding carboxylic acids is 5. The summed E-state index contributed by atoms with van der Waals surface area (Å²) in [6.07, 6.45) is 6.73. The van der Waals surface area contributed by atoms with E-state index in [2.05, 4.69) is 26.3 Å². The van der Waals surface area contributed by atoms with E-state index in [-0.39, 0.29) is 51.4 Å². The lowest BCUT2D eigenvalue weighted by molar-refractivity contribution is -0.148. The van der Waals surface area contributed by atoms with E-state index in [9.17, 15) is 29.1 Å². The second-order valence-electron chi connectivity index (χ2n) is 13.3. The second kappa shape index (κ2) is 18.8. The number of unbranched alkanes of at least 4 members (excludes halogenated alkanes) is 1. The highest BCUT2D eigenvalue weighted by molar-refractivity contribution is 5.95. The molecule has 1 spiro atoms. The fraction of sp³-hybridized carbons (Fsp3) is 0.436. The molecular weight excluding hydrogens is 680 g/mol. The summed E-state index contributed by atoms with van der Waals surface area (Å²) >= 11 is 0. The fourth-order valence-electron chi connectivity index (χ4n) is 6.32. The van der Waals surface area contributed by atoms with Gasteiger partial charge in [0.15, 0.2) is 5.60 Å². The number of aliphatic hydroxyl groups excluding tert-OH is 1. The van der Waals surface area contributed by atoms with Gasteiger partial charge in [-0.2, -0.15) is 0 Å². The van der Waals surface area contributed by atoms with E-state index < -0.39 is 54.0 Å². The largest absolute Gasteiger partial charge is 0.492 e. The number of fused-ring (bicyclic) bond motifs is 15. The molecule has 0 unspecified atom stereocenters. The first kappa shape index (κ1) is 38.7. The van der Waals surface area contributed by atoms with Crippen molar-refractivity contribution in [2.75, 3.05) is 32.8 Å². The Morgan fingerprint density at radius 3 is 2.25 bits per heavy atom. The van der Waals surface area contributed by atoms with Crippen molar-refractivity contribution in [3.8, 4) is 11.5 Å². The lowest BCUT2D eigenvalue weighted by Crippen LogP contribution is -2.62. The molecule has 6 rings (SSSR count). The van der Waals surface area contributed by atoms with Gasteiger partial charge in [-0.3, -0.25) is 29.0 Å². The molecule has 1 saturated heterocycles. The molecule has 2 bridgehead atoms. The van der Waals surface area contributed by atoms with E-state index in [4.69, 9.17) is 9.47 Å². The molecule has 2 aromatic carbocycles. The number of hydrogen-bond donors (Lipinski definition) is 5. The van der Waals surface area contributed by atoms with Crippen molar-refractivity contribution in [1.29, 1.82) is 0 Å². The molecule has 5 amide bonds. The maximum Gasteiger partial charge on any atom is 0.265 e. The molecule has 282 valence electrons. The van der Waals surface area contributed by atoms with Gasteiger partial charge in [0.25, 0.3) is 5.91 Å². The van der Waals surface area contributed by atoms with Crippen LogP contribution in [0.1, 0.15) is 50.2 Å². The topological polar surface area (TPSA) is 188 Å². The number of hydrogen-bond acceptors (Lipinski definition) is 9. The predicted octanol–water partition coefficient (Wildman–Crippen LogP) is 1.45. The van der Waals surface area contributed by atoms with Crippen LogP contribution in [0.15, 0.2) is 79.1 Å². The van der Waals surface area contributed by atoms with Gasteiger partial charge in [-0.1, -0.05) is 36.4 Å². The SMILES string of the molecule is C[C@@H]1NC(=O)[C@H](CO)NC(=O)[C@@H](Cc2ccccc2)NC(=O)C2(CCN(C(=O)CCCCc3cccnc3)CC2)Oc2ccc(cc2)OCCNC1=O. The van der Waals surface area contributed by atoms with E-state index in [1.807, 2.05) is 36.5 Å². The summed E-state index contributed by atoms with van der Waals surface area (Å²) in [5, 5.41) is 20.7. The van der Waals surface area contributed by atoms with Gasteiger partial charge < -0.3 is 40.7 Å². The molecule has 3 atom stereocenters. The van der Waals surface area contributed by atoms with Gasteiger partial charge in [0, 0.05) is 51.2 Å². The Bertz CT molecular complexity index is 1680. The summed E-state index contributed by atoms with van der Waals surface area (Å²) < 4.78 is 12.2. The zero-order valence-electron chi connectivity index (χ0n) is 29.9. The van der Waals surface area contributed by atoms with Crippen molar-refractivity contribution >= 4 is 29.5 Å². The number of likely N-dealkylation sites (tertiary alicyclic amines) is 1. The minimum Gasteiger partial charge on any atom is -0.492 e. The summed E-state index contributed by atoms with van der Waals surface area (Å²) in [7, 11) is 0. The van der Waals surface area contributed by atoms with Crippen LogP contribution in [0.4, 0.5) is 0 Å². The number of pyridine rings is 1. The molecule has 3 aliphatic heterocycles. The van der Waals surface area contributed by atoms with E-state index in [0.29, 0.717) is 17.9 Å². The molecule has 3 aromatic rings. The highest BCUT2D eigenvalue weighted by Gasteiger charge is 2.46. The maximum atomic E-state index is 14.4. The van der Waals surface area contributed by atoms with Crippen molar-refractivity contribution in [2.45, 2.75) is 75.6 Å². The Kier molecular flexibility index (Phi) is 13.8. The van der Waals surface area contributed by atoms with Gasteiger partial charge in [0.2, 0.25) is 23.6 Å². The number of piperidine rings is 1. The summed E-state index contributed by atoms with van der Waals surface area (Å²) in [6.45, 7) is 1.56. The van der Waals surface area contributed by atoms with Crippen molar-refractivity contribution < 1.29 is 38.6 Å². The van der Waals surface area contributed by atoms with Crippen LogP contribution in [0.3, 0.4) is 0 Å². The van der Waals surface area contributed by atoms with Gasteiger partial charge >= 0.3 is 0 Å².